The highest BCUT2D eigenvalue weighted by Gasteiger charge is 2.27. The van der Waals surface area contributed by atoms with Crippen LogP contribution in [0.5, 0.6) is 0 Å². The van der Waals surface area contributed by atoms with Gasteiger partial charge in [0.25, 0.3) is 0 Å². The molecular formula is C25H26N4O2S. The molecule has 0 spiro atoms. The van der Waals surface area contributed by atoms with E-state index in [-0.39, 0.29) is 18.1 Å². The summed E-state index contributed by atoms with van der Waals surface area (Å²) >= 11 is 1.70. The van der Waals surface area contributed by atoms with E-state index in [9.17, 15) is 9.90 Å². The number of aromatic nitrogens is 2. The number of aliphatic imine (C=N–C) groups is 1. The van der Waals surface area contributed by atoms with Gasteiger partial charge in [0.05, 0.1) is 30.4 Å². The molecule has 0 radical (unpaired) electrons. The van der Waals surface area contributed by atoms with Gasteiger partial charge in [-0.15, -0.1) is 11.3 Å². The van der Waals surface area contributed by atoms with E-state index in [4.69, 9.17) is 4.99 Å². The molecule has 0 unspecified atom stereocenters. The van der Waals surface area contributed by atoms with Crippen LogP contribution in [0.2, 0.25) is 0 Å². The second-order valence-corrected chi connectivity index (χ2v) is 9.48. The number of pyridine rings is 1. The molecule has 1 aromatic carbocycles. The highest BCUT2D eigenvalue weighted by Crippen LogP contribution is 2.28. The quantitative estimate of drug-likeness (QED) is 0.627. The molecule has 32 heavy (non-hydrogen) atoms. The fourth-order valence-corrected chi connectivity index (χ4v) is 5.41. The topological polar surface area (TPSA) is 78.7 Å². The zero-order chi connectivity index (χ0) is 22.1. The molecule has 2 aliphatic rings. The van der Waals surface area contributed by atoms with Crippen molar-refractivity contribution in [1.82, 2.24) is 14.9 Å². The lowest BCUT2D eigenvalue weighted by Gasteiger charge is -2.28. The van der Waals surface area contributed by atoms with Crippen LogP contribution in [-0.2, 0) is 30.7 Å². The van der Waals surface area contributed by atoms with Crippen molar-refractivity contribution in [3.63, 3.8) is 0 Å². The third-order valence-electron chi connectivity index (χ3n) is 6.30. The van der Waals surface area contributed by atoms with Crippen LogP contribution in [0.1, 0.15) is 52.2 Å². The summed E-state index contributed by atoms with van der Waals surface area (Å²) in [7, 11) is 0. The average Bonchev–Trinajstić information content (AvgIpc) is 3.44. The maximum absolute atomic E-state index is 12.8. The van der Waals surface area contributed by atoms with Gasteiger partial charge in [-0.1, -0.05) is 30.3 Å². The van der Waals surface area contributed by atoms with Crippen molar-refractivity contribution in [3.05, 3.63) is 81.1 Å². The molecule has 5 rings (SSSR count). The minimum absolute atomic E-state index is 0.0834. The van der Waals surface area contributed by atoms with Crippen LogP contribution in [0.4, 0.5) is 0 Å². The van der Waals surface area contributed by atoms with Crippen molar-refractivity contribution < 1.29 is 9.90 Å². The molecule has 0 saturated heterocycles. The molecule has 164 valence electrons. The molecule has 0 aliphatic carbocycles. The molecule has 2 aromatic heterocycles. The van der Waals surface area contributed by atoms with Crippen LogP contribution in [0.15, 0.2) is 53.1 Å². The lowest BCUT2D eigenvalue weighted by molar-refractivity contribution is -0.119. The second-order valence-electron chi connectivity index (χ2n) is 8.54. The number of aliphatic hydroxyl groups is 1. The predicted octanol–water partition coefficient (Wildman–Crippen LogP) is 3.52. The lowest BCUT2D eigenvalue weighted by atomic mass is 9.88. The SMILES string of the molecule is C[C@H](O)[C@@H](CC(=O)Cc1cc2c(cn1)C(N1CCc3ncsc3C1)=NC2)c1ccccc1. The Balaban J connectivity index is 1.26. The van der Waals surface area contributed by atoms with Gasteiger partial charge in [-0.25, -0.2) is 4.98 Å². The van der Waals surface area contributed by atoms with Crippen molar-refractivity contribution in [1.29, 1.82) is 0 Å². The Morgan fingerprint density at radius 2 is 2.09 bits per heavy atom. The maximum atomic E-state index is 12.8. The van der Waals surface area contributed by atoms with Crippen molar-refractivity contribution >= 4 is 23.0 Å². The van der Waals surface area contributed by atoms with Gasteiger partial charge in [0.2, 0.25) is 0 Å². The average molecular weight is 447 g/mol. The number of aliphatic hydroxyl groups excluding tert-OH is 1. The first-order valence-electron chi connectivity index (χ1n) is 11.0. The summed E-state index contributed by atoms with van der Waals surface area (Å²) < 4.78 is 0. The number of ketones is 1. The van der Waals surface area contributed by atoms with Gasteiger partial charge in [0.15, 0.2) is 0 Å². The lowest BCUT2D eigenvalue weighted by Crippen LogP contribution is -2.35. The van der Waals surface area contributed by atoms with Crippen LogP contribution >= 0.6 is 11.3 Å². The summed E-state index contributed by atoms with van der Waals surface area (Å²) in [6.07, 6.45) is 2.79. The Labute approximate surface area is 191 Å². The fourth-order valence-electron chi connectivity index (χ4n) is 4.58. The number of fused-ring (bicyclic) bond motifs is 2. The maximum Gasteiger partial charge on any atom is 0.139 e. The first kappa shape index (κ1) is 21.0. The van der Waals surface area contributed by atoms with Crippen molar-refractivity contribution in [2.45, 2.75) is 51.3 Å². The molecule has 6 nitrogen and oxygen atoms in total. The summed E-state index contributed by atoms with van der Waals surface area (Å²) in [5.74, 6) is 0.881. The van der Waals surface area contributed by atoms with E-state index in [1.54, 1.807) is 18.3 Å². The summed E-state index contributed by atoms with van der Waals surface area (Å²) in [6.45, 7) is 4.13. The summed E-state index contributed by atoms with van der Waals surface area (Å²) in [5.41, 5.74) is 7.09. The normalized spacial score (nSPS) is 16.8. The number of amidine groups is 1. The van der Waals surface area contributed by atoms with E-state index in [1.807, 2.05) is 48.1 Å². The second kappa shape index (κ2) is 8.92. The number of hydrogen-bond donors (Lipinski definition) is 1. The van der Waals surface area contributed by atoms with Gasteiger partial charge in [0, 0.05) is 54.1 Å². The molecular weight excluding hydrogens is 420 g/mol. The largest absolute Gasteiger partial charge is 0.393 e. The van der Waals surface area contributed by atoms with Crippen LogP contribution < -0.4 is 0 Å². The molecule has 2 atom stereocenters. The third-order valence-corrected chi connectivity index (χ3v) is 7.16. The van der Waals surface area contributed by atoms with Gasteiger partial charge in [-0.3, -0.25) is 14.8 Å². The van der Waals surface area contributed by atoms with E-state index >= 15 is 0 Å². The number of nitrogens with zero attached hydrogens (tertiary/aromatic N) is 4. The molecule has 0 bridgehead atoms. The first-order chi connectivity index (χ1) is 15.6. The van der Waals surface area contributed by atoms with Gasteiger partial charge >= 0.3 is 0 Å². The summed E-state index contributed by atoms with van der Waals surface area (Å²) in [4.78, 5) is 30.3. The Morgan fingerprint density at radius 3 is 2.91 bits per heavy atom. The molecule has 4 heterocycles. The van der Waals surface area contributed by atoms with Crippen molar-refractivity contribution in [2.75, 3.05) is 6.54 Å². The number of benzene rings is 1. The fraction of sp³-hybridized carbons (Fsp3) is 0.360. The van der Waals surface area contributed by atoms with Gasteiger partial charge in [-0.05, 0) is 24.1 Å². The van der Waals surface area contributed by atoms with Gasteiger partial charge in [0.1, 0.15) is 11.6 Å². The van der Waals surface area contributed by atoms with Crippen LogP contribution in [0.3, 0.4) is 0 Å². The predicted molar refractivity (Wildman–Crippen MR) is 125 cm³/mol. The highest BCUT2D eigenvalue weighted by molar-refractivity contribution is 7.09. The molecule has 1 N–H and O–H groups in total. The van der Waals surface area contributed by atoms with Gasteiger partial charge in [-0.2, -0.15) is 0 Å². The summed E-state index contributed by atoms with van der Waals surface area (Å²) in [5, 5.41) is 10.2. The molecule has 2 aliphatic heterocycles. The molecule has 3 aromatic rings. The van der Waals surface area contributed by atoms with E-state index in [2.05, 4.69) is 14.9 Å². The molecule has 7 heteroatoms. The van der Waals surface area contributed by atoms with E-state index < -0.39 is 6.10 Å². The molecule has 0 amide bonds. The first-order valence-corrected chi connectivity index (χ1v) is 11.9. The zero-order valence-electron chi connectivity index (χ0n) is 18.1. The van der Waals surface area contributed by atoms with Crippen LogP contribution in [-0.4, -0.2) is 44.2 Å². The summed E-state index contributed by atoms with van der Waals surface area (Å²) in [6, 6.07) is 11.8. The zero-order valence-corrected chi connectivity index (χ0v) is 18.9. The number of rotatable bonds is 6. The van der Waals surface area contributed by atoms with Crippen molar-refractivity contribution in [2.24, 2.45) is 4.99 Å². The molecule has 0 fully saturated rings. The minimum atomic E-state index is -0.589. The van der Waals surface area contributed by atoms with Crippen molar-refractivity contribution in [3.8, 4) is 0 Å². The Morgan fingerprint density at radius 1 is 1.25 bits per heavy atom. The highest BCUT2D eigenvalue weighted by atomic mass is 32.1. The standard InChI is InChI=1S/C25H26N4O2S/c1-16(30)21(17-5-3-2-4-6-17)11-20(31)10-19-9-18-12-27-25(22(18)13-26-19)29-8-7-23-24(14-29)32-15-28-23/h2-6,9,13,15-16,21,30H,7-8,10-12,14H2,1H3/t16-,21+/m0/s1. The van der Waals surface area contributed by atoms with E-state index in [0.29, 0.717) is 13.0 Å². The van der Waals surface area contributed by atoms with Gasteiger partial charge < -0.3 is 10.0 Å². The number of thiazole rings is 1. The van der Waals surface area contributed by atoms with Crippen LogP contribution in [0.25, 0.3) is 0 Å². The molecule has 0 saturated carbocycles. The Hall–Kier alpha value is -2.90. The Bertz CT molecular complexity index is 1160. The van der Waals surface area contributed by atoms with E-state index in [1.165, 1.54) is 10.6 Å². The number of carbonyl (C=O) groups excluding carboxylic acids is 1. The monoisotopic (exact) mass is 446 g/mol. The number of hydrogen-bond acceptors (Lipinski definition) is 7. The van der Waals surface area contributed by atoms with E-state index in [0.717, 1.165) is 47.7 Å². The number of carbonyl (C=O) groups is 1. The smallest absolute Gasteiger partial charge is 0.139 e. The van der Waals surface area contributed by atoms with Crippen LogP contribution in [0, 0.1) is 0 Å². The number of Topliss-reactive ketones (excluding diaryl/α,β-unsaturated/α-hetero) is 1. The third kappa shape index (κ3) is 4.23. The Kier molecular flexibility index (Phi) is 5.85. The minimum Gasteiger partial charge on any atom is -0.393 e.